The summed E-state index contributed by atoms with van der Waals surface area (Å²) in [6.45, 7) is 20.2. The van der Waals surface area contributed by atoms with Gasteiger partial charge in [-0.05, 0) is 141 Å². The van der Waals surface area contributed by atoms with Gasteiger partial charge in [0, 0.05) is 30.7 Å². The first-order valence-electron chi connectivity index (χ1n) is 20.3. The van der Waals surface area contributed by atoms with Crippen LogP contribution in [0.5, 0.6) is 0 Å². The smallest absolute Gasteiger partial charge is 0.306 e. The SMILES string of the molecule is CC(C)C1=C2C3CCC4C(C)(CCC5C(C)(C)C(CC(=O)C6CC(C(=O)O)C6C)CCC54C)C3CCC2(CCNC(=O)C(C)(C)NC=O)CC1=O. The van der Waals surface area contributed by atoms with Crippen molar-refractivity contribution in [3.8, 4) is 0 Å². The van der Waals surface area contributed by atoms with Crippen molar-refractivity contribution < 1.29 is 29.1 Å². The highest BCUT2D eigenvalue weighted by Crippen LogP contribution is 2.74. The summed E-state index contributed by atoms with van der Waals surface area (Å²) in [5.74, 6) is 1.66. The quantitative estimate of drug-likeness (QED) is 0.191. The molecule has 8 heteroatoms. The number of allylic oxidation sites excluding steroid dienone is 2. The summed E-state index contributed by atoms with van der Waals surface area (Å²) >= 11 is 0. The molecule has 0 aromatic rings. The number of Topliss-reactive ketones (excluding diaryl/α,β-unsaturated/α-hetero) is 2. The number of nitrogens with one attached hydrogen (secondary N) is 2. The summed E-state index contributed by atoms with van der Waals surface area (Å²) in [5.41, 5.74) is 1.73. The molecule has 6 aliphatic rings. The van der Waals surface area contributed by atoms with E-state index >= 15 is 0 Å². The number of rotatable bonds is 11. The Balaban J connectivity index is 1.21. The van der Waals surface area contributed by atoms with E-state index in [9.17, 15) is 29.1 Å². The molecule has 3 N–H and O–H groups in total. The maximum absolute atomic E-state index is 13.9. The Morgan fingerprint density at radius 1 is 0.941 bits per heavy atom. The van der Waals surface area contributed by atoms with Crippen molar-refractivity contribution in [1.82, 2.24) is 10.6 Å². The third kappa shape index (κ3) is 5.95. The van der Waals surface area contributed by atoms with E-state index in [0.29, 0.717) is 67.6 Å². The Hall–Kier alpha value is -2.51. The molecule has 0 saturated heterocycles. The summed E-state index contributed by atoms with van der Waals surface area (Å²) in [7, 11) is 0. The van der Waals surface area contributed by atoms with Gasteiger partial charge in [0.05, 0.1) is 5.92 Å². The van der Waals surface area contributed by atoms with Gasteiger partial charge in [0.25, 0.3) is 0 Å². The van der Waals surface area contributed by atoms with E-state index in [1.165, 1.54) is 24.8 Å². The van der Waals surface area contributed by atoms with Gasteiger partial charge in [-0.2, -0.15) is 0 Å². The van der Waals surface area contributed by atoms with E-state index in [1.807, 2.05) is 6.92 Å². The van der Waals surface area contributed by atoms with Crippen LogP contribution in [0.2, 0.25) is 0 Å². The predicted octanol–water partition coefficient (Wildman–Crippen LogP) is 7.54. The normalized spacial score (nSPS) is 41.4. The molecular formula is C43H66N2O6. The average Bonchev–Trinajstić information content (AvgIpc) is 3.33. The Morgan fingerprint density at radius 3 is 2.25 bits per heavy atom. The first-order chi connectivity index (χ1) is 23.7. The van der Waals surface area contributed by atoms with Crippen molar-refractivity contribution in [3.63, 3.8) is 0 Å². The Labute approximate surface area is 306 Å². The molecular weight excluding hydrogens is 640 g/mol. The maximum Gasteiger partial charge on any atom is 0.306 e. The molecule has 6 rings (SSSR count). The zero-order valence-corrected chi connectivity index (χ0v) is 33.0. The summed E-state index contributed by atoms with van der Waals surface area (Å²) in [6.07, 6.45) is 11.9. The van der Waals surface area contributed by atoms with Crippen molar-refractivity contribution in [2.75, 3.05) is 6.54 Å². The molecule has 5 saturated carbocycles. The number of aliphatic carboxylic acids is 1. The highest BCUT2D eigenvalue weighted by molar-refractivity contribution is 6.00. The molecule has 0 heterocycles. The van der Waals surface area contributed by atoms with Gasteiger partial charge in [0.2, 0.25) is 12.3 Å². The van der Waals surface area contributed by atoms with Gasteiger partial charge in [0.15, 0.2) is 5.78 Å². The first-order valence-corrected chi connectivity index (χ1v) is 20.3. The number of carbonyl (C=O) groups excluding carboxylic acids is 4. The second-order valence-electron chi connectivity index (χ2n) is 20.1. The summed E-state index contributed by atoms with van der Waals surface area (Å²) < 4.78 is 0. The zero-order chi connectivity index (χ0) is 37.5. The molecule has 11 atom stereocenters. The molecule has 284 valence electrons. The van der Waals surface area contributed by atoms with Crippen LogP contribution in [0, 0.1) is 74.9 Å². The van der Waals surface area contributed by atoms with E-state index in [0.717, 1.165) is 44.1 Å². The number of carboxylic acids is 1. The van der Waals surface area contributed by atoms with Crippen LogP contribution in [-0.4, -0.2) is 47.0 Å². The number of hydrogen-bond acceptors (Lipinski definition) is 5. The van der Waals surface area contributed by atoms with Crippen molar-refractivity contribution >= 4 is 29.9 Å². The number of fused-ring (bicyclic) bond motifs is 7. The summed E-state index contributed by atoms with van der Waals surface area (Å²) in [5, 5.41) is 15.2. The zero-order valence-electron chi connectivity index (χ0n) is 33.0. The largest absolute Gasteiger partial charge is 0.481 e. The van der Waals surface area contributed by atoms with Crippen LogP contribution in [0.3, 0.4) is 0 Å². The Morgan fingerprint density at radius 2 is 1.63 bits per heavy atom. The molecule has 51 heavy (non-hydrogen) atoms. The lowest BCUT2D eigenvalue weighted by Crippen LogP contribution is -2.62. The van der Waals surface area contributed by atoms with E-state index < -0.39 is 11.5 Å². The lowest BCUT2D eigenvalue weighted by Gasteiger charge is -2.69. The minimum Gasteiger partial charge on any atom is -0.481 e. The molecule has 5 fully saturated rings. The molecule has 0 radical (unpaired) electrons. The van der Waals surface area contributed by atoms with Crippen LogP contribution in [0.25, 0.3) is 0 Å². The molecule has 2 amide bonds. The fraction of sp³-hybridized carbons (Fsp3) is 0.837. The molecule has 0 aliphatic heterocycles. The molecule has 6 aliphatic carbocycles. The molecule has 0 bridgehead atoms. The Bertz CT molecular complexity index is 1490. The van der Waals surface area contributed by atoms with Crippen LogP contribution in [-0.2, 0) is 24.0 Å². The monoisotopic (exact) mass is 706 g/mol. The Kier molecular flexibility index (Phi) is 9.82. The lowest BCUT2D eigenvalue weighted by atomic mass is 9.35. The van der Waals surface area contributed by atoms with Crippen LogP contribution >= 0.6 is 0 Å². The second-order valence-corrected chi connectivity index (χ2v) is 20.1. The topological polar surface area (TPSA) is 130 Å². The number of amides is 2. The molecule has 11 unspecified atom stereocenters. The van der Waals surface area contributed by atoms with Gasteiger partial charge < -0.3 is 15.7 Å². The first kappa shape index (κ1) is 38.2. The van der Waals surface area contributed by atoms with E-state index in [1.54, 1.807) is 13.8 Å². The van der Waals surface area contributed by atoms with Gasteiger partial charge >= 0.3 is 5.97 Å². The standard InChI is InChI=1S/C43H66N2O6/c1-24(2)35-32(48)22-43(18-19-44-38(51)40(6,7)45-23-46)17-13-30-27(36(35)43)10-11-34-41(30,8)16-14-33-39(4,5)26(12-15-42(33,34)9)20-31(47)28-21-29(25(28)3)37(49)50/h23-30,33-34H,10-22H2,1-9H3,(H,44,51)(H,45,46)(H,49,50). The number of ketones is 2. The van der Waals surface area contributed by atoms with Gasteiger partial charge in [0.1, 0.15) is 11.3 Å². The number of hydrogen-bond donors (Lipinski definition) is 3. The molecule has 8 nitrogen and oxygen atoms in total. The maximum atomic E-state index is 13.9. The minimum atomic E-state index is -0.990. The third-order valence-electron chi connectivity index (χ3n) is 16.8. The van der Waals surface area contributed by atoms with Crippen molar-refractivity contribution in [3.05, 3.63) is 11.1 Å². The molecule has 0 aromatic heterocycles. The van der Waals surface area contributed by atoms with Gasteiger partial charge in [-0.3, -0.25) is 24.0 Å². The summed E-state index contributed by atoms with van der Waals surface area (Å²) in [4.78, 5) is 63.0. The van der Waals surface area contributed by atoms with E-state index in [2.05, 4.69) is 52.2 Å². The van der Waals surface area contributed by atoms with Crippen molar-refractivity contribution in [2.24, 2.45) is 74.9 Å². The summed E-state index contributed by atoms with van der Waals surface area (Å²) in [6, 6.07) is 0. The van der Waals surface area contributed by atoms with Crippen molar-refractivity contribution in [2.45, 2.75) is 145 Å². The average molecular weight is 707 g/mol. The van der Waals surface area contributed by atoms with Crippen LogP contribution in [0.4, 0.5) is 0 Å². The van der Waals surface area contributed by atoms with Gasteiger partial charge in [-0.1, -0.05) is 54.0 Å². The number of carbonyl (C=O) groups is 5. The highest BCUT2D eigenvalue weighted by atomic mass is 16.4. The second kappa shape index (κ2) is 13.1. The van der Waals surface area contributed by atoms with E-state index in [4.69, 9.17) is 0 Å². The van der Waals surface area contributed by atoms with Gasteiger partial charge in [-0.15, -0.1) is 0 Å². The highest BCUT2D eigenvalue weighted by Gasteiger charge is 2.66. The lowest BCUT2D eigenvalue weighted by molar-refractivity contribution is -0.193. The van der Waals surface area contributed by atoms with E-state index in [-0.39, 0.29) is 57.0 Å². The fourth-order valence-electron chi connectivity index (χ4n) is 14.0. The van der Waals surface area contributed by atoms with Crippen LogP contribution < -0.4 is 10.6 Å². The van der Waals surface area contributed by atoms with Crippen LogP contribution in [0.1, 0.15) is 139 Å². The fourth-order valence-corrected chi connectivity index (χ4v) is 14.0. The molecule has 0 aromatic carbocycles. The number of carboxylic acid groups (broad SMARTS) is 1. The van der Waals surface area contributed by atoms with Crippen LogP contribution in [0.15, 0.2) is 11.1 Å². The molecule has 0 spiro atoms. The van der Waals surface area contributed by atoms with Crippen molar-refractivity contribution in [1.29, 1.82) is 0 Å². The predicted molar refractivity (Wildman–Crippen MR) is 197 cm³/mol. The minimum absolute atomic E-state index is 0.0349. The third-order valence-corrected chi connectivity index (χ3v) is 16.8. The van der Waals surface area contributed by atoms with Gasteiger partial charge in [-0.25, -0.2) is 0 Å².